The average Bonchev–Trinajstić information content (AvgIpc) is 1.85. The molecule has 66 valence electrons. The summed E-state index contributed by atoms with van der Waals surface area (Å²) in [5.41, 5.74) is 5.06. The molecule has 0 atom stereocenters. The van der Waals surface area contributed by atoms with Gasteiger partial charge in [0.1, 0.15) is 19.0 Å². The van der Waals surface area contributed by atoms with Crippen LogP contribution in [0.5, 0.6) is 0 Å². The van der Waals surface area contributed by atoms with Crippen molar-refractivity contribution in [3.8, 4) is 0 Å². The van der Waals surface area contributed by atoms with E-state index in [4.69, 9.17) is 5.73 Å². The van der Waals surface area contributed by atoms with E-state index in [1.807, 2.05) is 0 Å². The van der Waals surface area contributed by atoms with E-state index >= 15 is 0 Å². The third kappa shape index (κ3) is 7.11. The highest BCUT2D eigenvalue weighted by molar-refractivity contribution is 5.81. The number of rotatable bonds is 3. The van der Waals surface area contributed by atoms with Crippen LogP contribution in [-0.4, -0.2) is 32.3 Å². The van der Waals surface area contributed by atoms with Crippen molar-refractivity contribution in [3.05, 3.63) is 0 Å². The first-order valence-corrected chi connectivity index (χ1v) is 2.81. The van der Waals surface area contributed by atoms with E-state index in [2.05, 4.69) is 9.73 Å². The molecule has 11 heavy (non-hydrogen) atoms. The third-order valence-corrected chi connectivity index (χ3v) is 0.803. The summed E-state index contributed by atoms with van der Waals surface area (Å²) in [6.45, 7) is -1.57. The predicted molar refractivity (Wildman–Crippen MR) is 34.4 cm³/mol. The molecule has 0 unspecified atom stereocenters. The van der Waals surface area contributed by atoms with Crippen molar-refractivity contribution >= 4 is 5.84 Å². The Morgan fingerprint density at radius 2 is 2.09 bits per heavy atom. The molecule has 0 aliphatic rings. The van der Waals surface area contributed by atoms with Crippen LogP contribution in [0.15, 0.2) is 4.99 Å². The van der Waals surface area contributed by atoms with Gasteiger partial charge in [-0.05, 0) is 0 Å². The lowest BCUT2D eigenvalue weighted by atomic mass is 10.6. The lowest BCUT2D eigenvalue weighted by Gasteiger charge is -2.06. The highest BCUT2D eigenvalue weighted by atomic mass is 19.4. The summed E-state index contributed by atoms with van der Waals surface area (Å²) >= 11 is 0. The van der Waals surface area contributed by atoms with Crippen LogP contribution in [0.2, 0.25) is 0 Å². The Labute approximate surface area is 62.0 Å². The maximum absolute atomic E-state index is 11.4. The van der Waals surface area contributed by atoms with E-state index in [-0.39, 0.29) is 12.4 Å². The minimum Gasteiger partial charge on any atom is -0.386 e. The molecule has 0 spiro atoms. The van der Waals surface area contributed by atoms with Gasteiger partial charge >= 0.3 is 6.18 Å². The topological polar surface area (TPSA) is 47.6 Å². The van der Waals surface area contributed by atoms with Gasteiger partial charge in [-0.2, -0.15) is 13.2 Å². The molecule has 0 amide bonds. The summed E-state index contributed by atoms with van der Waals surface area (Å²) in [4.78, 5) is 3.41. The SMILES string of the molecule is CN=C(N)COCC(F)(F)F. The molecule has 0 aromatic rings. The minimum atomic E-state index is -4.30. The van der Waals surface area contributed by atoms with Crippen LogP contribution in [-0.2, 0) is 4.74 Å². The highest BCUT2D eigenvalue weighted by Gasteiger charge is 2.27. The van der Waals surface area contributed by atoms with Gasteiger partial charge in [0.2, 0.25) is 0 Å². The van der Waals surface area contributed by atoms with Crippen LogP contribution >= 0.6 is 0 Å². The van der Waals surface area contributed by atoms with Crippen LogP contribution in [0.25, 0.3) is 0 Å². The molecule has 0 bridgehead atoms. The van der Waals surface area contributed by atoms with Gasteiger partial charge in [-0.15, -0.1) is 0 Å². The first-order valence-electron chi connectivity index (χ1n) is 2.81. The monoisotopic (exact) mass is 170 g/mol. The van der Waals surface area contributed by atoms with Crippen molar-refractivity contribution in [1.82, 2.24) is 0 Å². The second-order valence-corrected chi connectivity index (χ2v) is 1.82. The molecule has 0 aromatic carbocycles. The Hall–Kier alpha value is -0.780. The first kappa shape index (κ1) is 10.2. The molecule has 3 nitrogen and oxygen atoms in total. The van der Waals surface area contributed by atoms with Gasteiger partial charge in [-0.3, -0.25) is 4.99 Å². The summed E-state index contributed by atoms with van der Waals surface area (Å²) < 4.78 is 38.4. The fourth-order valence-electron chi connectivity index (χ4n) is 0.336. The molecule has 0 aromatic heterocycles. The molecule has 0 saturated heterocycles. The zero-order chi connectivity index (χ0) is 8.91. The van der Waals surface area contributed by atoms with Crippen LogP contribution in [0.1, 0.15) is 0 Å². The van der Waals surface area contributed by atoms with E-state index in [0.29, 0.717) is 0 Å². The lowest BCUT2D eigenvalue weighted by Crippen LogP contribution is -2.24. The molecule has 2 N–H and O–H groups in total. The van der Waals surface area contributed by atoms with Crippen molar-refractivity contribution < 1.29 is 17.9 Å². The smallest absolute Gasteiger partial charge is 0.386 e. The summed E-state index contributed by atoms with van der Waals surface area (Å²) in [7, 11) is 1.38. The average molecular weight is 170 g/mol. The molecule has 0 aliphatic carbocycles. The van der Waals surface area contributed by atoms with E-state index in [9.17, 15) is 13.2 Å². The van der Waals surface area contributed by atoms with Crippen molar-refractivity contribution in [3.63, 3.8) is 0 Å². The molecule has 0 heterocycles. The molecule has 6 heteroatoms. The zero-order valence-corrected chi connectivity index (χ0v) is 5.98. The van der Waals surface area contributed by atoms with E-state index in [1.54, 1.807) is 0 Å². The van der Waals surface area contributed by atoms with Crippen molar-refractivity contribution in [2.75, 3.05) is 20.3 Å². The lowest BCUT2D eigenvalue weighted by molar-refractivity contribution is -0.170. The molecule has 0 radical (unpaired) electrons. The van der Waals surface area contributed by atoms with Crippen molar-refractivity contribution in [1.29, 1.82) is 0 Å². The summed E-state index contributed by atoms with van der Waals surface area (Å²) in [6, 6.07) is 0. The van der Waals surface area contributed by atoms with Crippen LogP contribution in [0, 0.1) is 0 Å². The highest BCUT2D eigenvalue weighted by Crippen LogP contribution is 2.13. The van der Waals surface area contributed by atoms with Crippen LogP contribution < -0.4 is 5.73 Å². The number of aliphatic imine (C=N–C) groups is 1. The van der Waals surface area contributed by atoms with Crippen LogP contribution in [0.4, 0.5) is 13.2 Å². The normalized spacial score (nSPS) is 13.6. The quantitative estimate of drug-likeness (QED) is 0.496. The van der Waals surface area contributed by atoms with E-state index in [0.717, 1.165) is 0 Å². The zero-order valence-electron chi connectivity index (χ0n) is 5.98. The number of nitrogens with two attached hydrogens (primary N) is 1. The van der Waals surface area contributed by atoms with Crippen molar-refractivity contribution in [2.24, 2.45) is 10.7 Å². The summed E-state index contributed by atoms with van der Waals surface area (Å²) in [5.74, 6) is 0.0502. The molecule has 0 fully saturated rings. The number of alkyl halides is 3. The second-order valence-electron chi connectivity index (χ2n) is 1.82. The maximum Gasteiger partial charge on any atom is 0.411 e. The largest absolute Gasteiger partial charge is 0.411 e. The number of hydrogen-bond acceptors (Lipinski definition) is 2. The summed E-state index contributed by atoms with van der Waals surface area (Å²) in [6.07, 6.45) is -4.30. The molecule has 0 saturated carbocycles. The maximum atomic E-state index is 11.4. The number of halogens is 3. The molecular formula is C5H9F3N2O. The minimum absolute atomic E-state index is 0.0502. The Morgan fingerprint density at radius 3 is 2.45 bits per heavy atom. The molecule has 0 aliphatic heterocycles. The van der Waals surface area contributed by atoms with E-state index in [1.165, 1.54) is 7.05 Å². The Balaban J connectivity index is 3.43. The first-order chi connectivity index (χ1) is 4.95. The number of nitrogens with zero attached hydrogens (tertiary/aromatic N) is 1. The Morgan fingerprint density at radius 1 is 1.55 bits per heavy atom. The van der Waals surface area contributed by atoms with E-state index < -0.39 is 12.8 Å². The fourth-order valence-corrected chi connectivity index (χ4v) is 0.336. The van der Waals surface area contributed by atoms with Gasteiger partial charge in [-0.1, -0.05) is 0 Å². The van der Waals surface area contributed by atoms with Gasteiger partial charge in [-0.25, -0.2) is 0 Å². The third-order valence-electron chi connectivity index (χ3n) is 0.803. The number of amidine groups is 1. The van der Waals surface area contributed by atoms with Gasteiger partial charge in [0, 0.05) is 7.05 Å². The van der Waals surface area contributed by atoms with Gasteiger partial charge in [0.25, 0.3) is 0 Å². The second kappa shape index (κ2) is 4.17. The number of ether oxygens (including phenoxy) is 1. The Kier molecular flexibility index (Phi) is 3.88. The standard InChI is InChI=1S/C5H9F3N2O/c1-10-4(9)2-11-3-5(6,7)8/h2-3H2,1H3,(H2,9,10). The predicted octanol–water partition coefficient (Wildman–Crippen LogP) is 0.552. The van der Waals surface area contributed by atoms with Crippen LogP contribution in [0.3, 0.4) is 0 Å². The Bertz CT molecular complexity index is 143. The molecular weight excluding hydrogens is 161 g/mol. The van der Waals surface area contributed by atoms with Gasteiger partial charge < -0.3 is 10.5 Å². The van der Waals surface area contributed by atoms with Crippen molar-refractivity contribution in [2.45, 2.75) is 6.18 Å². The van der Waals surface area contributed by atoms with Gasteiger partial charge in [0.05, 0.1) is 0 Å². The number of hydrogen-bond donors (Lipinski definition) is 1. The van der Waals surface area contributed by atoms with Gasteiger partial charge in [0.15, 0.2) is 0 Å². The fraction of sp³-hybridized carbons (Fsp3) is 0.800. The molecule has 0 rings (SSSR count). The summed E-state index contributed by atoms with van der Waals surface area (Å²) in [5, 5.41) is 0.